The average molecular weight is 258 g/mol. The number of anilines is 1. The molecule has 0 saturated carbocycles. The van der Waals surface area contributed by atoms with Gasteiger partial charge in [0.2, 0.25) is 0 Å². The minimum Gasteiger partial charge on any atom is -0.281 e. The Bertz CT molecular complexity index is 566. The fourth-order valence-electron chi connectivity index (χ4n) is 1.38. The van der Waals surface area contributed by atoms with Gasteiger partial charge in [0.25, 0.3) is 10.0 Å². The molecule has 0 aliphatic carbocycles. The summed E-state index contributed by atoms with van der Waals surface area (Å²) in [5.41, 5.74) is 0.961. The fourth-order valence-corrected chi connectivity index (χ4v) is 3.54. The van der Waals surface area contributed by atoms with E-state index in [4.69, 9.17) is 0 Å². The number of aromatic amines is 1. The number of thiazole rings is 1. The summed E-state index contributed by atoms with van der Waals surface area (Å²) in [5.74, 6) is 0. The van der Waals surface area contributed by atoms with Crippen LogP contribution in [0.25, 0.3) is 0 Å². The van der Waals surface area contributed by atoms with Gasteiger partial charge in [0, 0.05) is 11.6 Å². The zero-order chi connectivity index (χ0) is 11.8. The normalized spacial score (nSPS) is 11.6. The molecule has 2 aromatic rings. The summed E-state index contributed by atoms with van der Waals surface area (Å²) in [6.07, 6.45) is 1.54. The van der Waals surface area contributed by atoms with Crippen molar-refractivity contribution in [2.45, 2.75) is 18.7 Å². The molecule has 0 saturated heterocycles. The highest BCUT2D eigenvalue weighted by atomic mass is 32.2. The van der Waals surface area contributed by atoms with Gasteiger partial charge in [-0.2, -0.15) is 5.10 Å². The molecule has 0 aliphatic heterocycles. The van der Waals surface area contributed by atoms with E-state index >= 15 is 0 Å². The Kier molecular flexibility index (Phi) is 2.68. The maximum Gasteiger partial charge on any atom is 0.267 e. The van der Waals surface area contributed by atoms with Gasteiger partial charge in [-0.3, -0.25) is 9.82 Å². The zero-order valence-electron chi connectivity index (χ0n) is 8.68. The summed E-state index contributed by atoms with van der Waals surface area (Å²) in [6.45, 7) is 3.30. The van der Waals surface area contributed by atoms with Crippen molar-refractivity contribution in [1.82, 2.24) is 15.2 Å². The molecular formula is C8H10N4O2S2. The number of rotatable bonds is 3. The van der Waals surface area contributed by atoms with E-state index in [0.29, 0.717) is 16.5 Å². The molecule has 2 N–H and O–H groups in total. The minimum absolute atomic E-state index is 0.183. The van der Waals surface area contributed by atoms with Crippen molar-refractivity contribution in [2.24, 2.45) is 0 Å². The summed E-state index contributed by atoms with van der Waals surface area (Å²) in [5, 5.41) is 8.54. The predicted octanol–water partition coefficient (Wildman–Crippen LogP) is 1.28. The van der Waals surface area contributed by atoms with E-state index in [1.54, 1.807) is 19.2 Å². The van der Waals surface area contributed by atoms with Crippen LogP contribution in [0, 0.1) is 13.8 Å². The van der Waals surface area contributed by atoms with E-state index in [9.17, 15) is 8.42 Å². The Morgan fingerprint density at radius 1 is 1.44 bits per heavy atom. The third kappa shape index (κ3) is 1.93. The molecule has 2 rings (SSSR count). The van der Waals surface area contributed by atoms with E-state index in [0.717, 1.165) is 0 Å². The number of aryl methyl sites for hydroxylation is 2. The summed E-state index contributed by atoms with van der Waals surface area (Å²) >= 11 is 1.23. The number of H-pyrrole nitrogens is 1. The highest BCUT2D eigenvalue weighted by Gasteiger charge is 2.22. The van der Waals surface area contributed by atoms with Crippen LogP contribution in [0.1, 0.15) is 11.4 Å². The molecule has 6 nitrogen and oxygen atoms in total. The zero-order valence-corrected chi connectivity index (χ0v) is 10.3. The van der Waals surface area contributed by atoms with Crippen LogP contribution >= 0.6 is 11.3 Å². The quantitative estimate of drug-likeness (QED) is 0.868. The molecule has 0 aliphatic rings. The second-order valence-corrected chi connectivity index (χ2v) is 5.72. The number of nitrogens with zero attached hydrogens (tertiary/aromatic N) is 2. The highest BCUT2D eigenvalue weighted by molar-refractivity contribution is 7.93. The van der Waals surface area contributed by atoms with E-state index in [2.05, 4.69) is 19.9 Å². The van der Waals surface area contributed by atoms with Crippen LogP contribution in [-0.4, -0.2) is 23.6 Å². The monoisotopic (exact) mass is 258 g/mol. The number of hydrogen-bond acceptors (Lipinski definition) is 5. The molecule has 0 spiro atoms. The van der Waals surface area contributed by atoms with Gasteiger partial charge in [0.1, 0.15) is 4.90 Å². The molecule has 2 heterocycles. The standard InChI is InChI=1S/C8H10N4O2S2/c1-5-7(6(2)11-10-5)16(13,14)12-8-9-3-4-15-8/h3-4H,1-2H3,(H,9,12)(H,10,11). The van der Waals surface area contributed by atoms with Crippen molar-refractivity contribution in [3.05, 3.63) is 23.0 Å². The minimum atomic E-state index is -3.60. The molecular weight excluding hydrogens is 248 g/mol. The maximum atomic E-state index is 12.0. The molecule has 2 aromatic heterocycles. The van der Waals surface area contributed by atoms with Crippen molar-refractivity contribution in [1.29, 1.82) is 0 Å². The first-order chi connectivity index (χ1) is 7.50. The van der Waals surface area contributed by atoms with E-state index in [1.807, 2.05) is 0 Å². The van der Waals surface area contributed by atoms with E-state index in [-0.39, 0.29) is 4.90 Å². The Morgan fingerprint density at radius 2 is 2.19 bits per heavy atom. The maximum absolute atomic E-state index is 12.0. The van der Waals surface area contributed by atoms with Gasteiger partial charge in [0.15, 0.2) is 5.13 Å². The summed E-state index contributed by atoms with van der Waals surface area (Å²) in [7, 11) is -3.60. The first-order valence-electron chi connectivity index (χ1n) is 4.44. The van der Waals surface area contributed by atoms with Gasteiger partial charge in [-0.15, -0.1) is 11.3 Å². The lowest BCUT2D eigenvalue weighted by Gasteiger charge is -2.04. The van der Waals surface area contributed by atoms with Crippen molar-refractivity contribution < 1.29 is 8.42 Å². The second kappa shape index (κ2) is 3.87. The molecule has 86 valence electrons. The lowest BCUT2D eigenvalue weighted by Crippen LogP contribution is -2.14. The molecule has 0 atom stereocenters. The smallest absolute Gasteiger partial charge is 0.267 e. The fraction of sp³-hybridized carbons (Fsp3) is 0.250. The van der Waals surface area contributed by atoms with Gasteiger partial charge >= 0.3 is 0 Å². The average Bonchev–Trinajstić information content (AvgIpc) is 2.76. The third-order valence-electron chi connectivity index (χ3n) is 1.98. The molecule has 0 bridgehead atoms. The summed E-state index contributed by atoms with van der Waals surface area (Å²) in [6, 6.07) is 0. The second-order valence-electron chi connectivity index (χ2n) is 3.21. The molecule has 0 amide bonds. The van der Waals surface area contributed by atoms with Crippen LogP contribution in [0.2, 0.25) is 0 Å². The van der Waals surface area contributed by atoms with Gasteiger partial charge in [-0.1, -0.05) is 0 Å². The van der Waals surface area contributed by atoms with Gasteiger partial charge < -0.3 is 0 Å². The van der Waals surface area contributed by atoms with Crippen LogP contribution in [0.3, 0.4) is 0 Å². The Morgan fingerprint density at radius 3 is 2.69 bits per heavy atom. The van der Waals surface area contributed by atoms with E-state index in [1.165, 1.54) is 17.5 Å². The van der Waals surface area contributed by atoms with E-state index < -0.39 is 10.0 Å². The Hall–Kier alpha value is -1.41. The first-order valence-corrected chi connectivity index (χ1v) is 6.81. The summed E-state index contributed by atoms with van der Waals surface area (Å²) in [4.78, 5) is 4.05. The van der Waals surface area contributed by atoms with Crippen LogP contribution in [0.4, 0.5) is 5.13 Å². The largest absolute Gasteiger partial charge is 0.281 e. The highest BCUT2D eigenvalue weighted by Crippen LogP contribution is 2.21. The van der Waals surface area contributed by atoms with Crippen molar-refractivity contribution in [2.75, 3.05) is 4.72 Å². The number of hydrogen-bond donors (Lipinski definition) is 2. The molecule has 0 aromatic carbocycles. The number of nitrogens with one attached hydrogen (secondary N) is 2. The van der Waals surface area contributed by atoms with Crippen molar-refractivity contribution in [3.63, 3.8) is 0 Å². The van der Waals surface area contributed by atoms with Crippen molar-refractivity contribution in [3.8, 4) is 0 Å². The van der Waals surface area contributed by atoms with Crippen LogP contribution in [-0.2, 0) is 10.0 Å². The predicted molar refractivity (Wildman–Crippen MR) is 61.0 cm³/mol. The van der Waals surface area contributed by atoms with Crippen LogP contribution < -0.4 is 4.72 Å². The first kappa shape index (κ1) is 11.1. The van der Waals surface area contributed by atoms with Crippen LogP contribution in [0.5, 0.6) is 0 Å². The van der Waals surface area contributed by atoms with Crippen LogP contribution in [0.15, 0.2) is 16.5 Å². The Labute approximate surface area is 96.8 Å². The Balaban J connectivity index is 2.40. The number of sulfonamides is 1. The summed E-state index contributed by atoms with van der Waals surface area (Å²) < 4.78 is 26.4. The van der Waals surface area contributed by atoms with Crippen molar-refractivity contribution >= 4 is 26.5 Å². The molecule has 8 heteroatoms. The third-order valence-corrected chi connectivity index (χ3v) is 4.40. The molecule has 0 unspecified atom stereocenters. The van der Waals surface area contributed by atoms with Gasteiger partial charge in [0.05, 0.1) is 11.4 Å². The van der Waals surface area contributed by atoms with Gasteiger partial charge in [-0.05, 0) is 13.8 Å². The topological polar surface area (TPSA) is 87.7 Å². The number of aromatic nitrogens is 3. The molecule has 16 heavy (non-hydrogen) atoms. The SMILES string of the molecule is Cc1n[nH]c(C)c1S(=O)(=O)Nc1nccs1. The molecule has 0 radical (unpaired) electrons. The molecule has 0 fully saturated rings. The van der Waals surface area contributed by atoms with Gasteiger partial charge in [-0.25, -0.2) is 13.4 Å². The lowest BCUT2D eigenvalue weighted by atomic mass is 10.4. The lowest BCUT2D eigenvalue weighted by molar-refractivity contribution is 0.600.